The van der Waals surface area contributed by atoms with Crippen molar-refractivity contribution in [1.29, 1.82) is 0 Å². The maximum Gasteiger partial charge on any atom is 0.262 e. The molecule has 8 nitrogen and oxygen atoms in total. The van der Waals surface area contributed by atoms with E-state index in [2.05, 4.69) is 41.1 Å². The first-order valence-electron chi connectivity index (χ1n) is 15.9. The van der Waals surface area contributed by atoms with Crippen molar-refractivity contribution in [2.45, 2.75) is 83.5 Å². The van der Waals surface area contributed by atoms with Crippen LogP contribution in [0.4, 0.5) is 0 Å². The van der Waals surface area contributed by atoms with Crippen LogP contribution in [0, 0.1) is 5.41 Å². The molecule has 4 saturated heterocycles. The van der Waals surface area contributed by atoms with E-state index < -0.39 is 23.8 Å². The monoisotopic (exact) mass is 614 g/mol. The van der Waals surface area contributed by atoms with Crippen LogP contribution in [0.5, 0.6) is 0 Å². The fourth-order valence-electron chi connectivity index (χ4n) is 7.95. The summed E-state index contributed by atoms with van der Waals surface area (Å²) in [4.78, 5) is 56.7. The summed E-state index contributed by atoms with van der Waals surface area (Å²) >= 11 is 6.22. The van der Waals surface area contributed by atoms with Crippen molar-refractivity contribution in [3.05, 3.63) is 75.3 Å². The molecule has 6 aliphatic rings. The van der Waals surface area contributed by atoms with Crippen LogP contribution in [-0.4, -0.2) is 76.1 Å². The van der Waals surface area contributed by atoms with Crippen molar-refractivity contribution in [1.82, 2.24) is 20.0 Å². The van der Waals surface area contributed by atoms with E-state index >= 15 is 0 Å². The van der Waals surface area contributed by atoms with Crippen molar-refractivity contribution < 1.29 is 19.2 Å². The van der Waals surface area contributed by atoms with E-state index in [0.29, 0.717) is 23.2 Å². The molecule has 44 heavy (non-hydrogen) atoms. The molecular weight excluding hydrogens is 576 g/mol. The van der Waals surface area contributed by atoms with E-state index in [-0.39, 0.29) is 24.2 Å². The van der Waals surface area contributed by atoms with E-state index in [4.69, 9.17) is 11.6 Å². The third-order valence-electron chi connectivity index (χ3n) is 10.4. The lowest BCUT2D eigenvalue weighted by Gasteiger charge is -2.52. The molecule has 230 valence electrons. The molecule has 0 aromatic heterocycles. The van der Waals surface area contributed by atoms with Gasteiger partial charge in [0.05, 0.1) is 11.1 Å². The molecule has 2 aromatic rings. The number of rotatable bonds is 6. The predicted molar refractivity (Wildman–Crippen MR) is 168 cm³/mol. The highest BCUT2D eigenvalue weighted by Crippen LogP contribution is 2.44. The molecule has 1 N–H and O–H groups in total. The van der Waals surface area contributed by atoms with Crippen LogP contribution in [0.25, 0.3) is 5.57 Å². The number of nitrogens with one attached hydrogen (secondary N) is 1. The van der Waals surface area contributed by atoms with Crippen LogP contribution >= 0.6 is 11.6 Å². The van der Waals surface area contributed by atoms with E-state index in [1.54, 1.807) is 11.6 Å². The predicted octanol–water partition coefficient (Wildman–Crippen LogP) is 5.05. The summed E-state index contributed by atoms with van der Waals surface area (Å²) < 4.78 is 0. The number of hydrogen-bond donors (Lipinski definition) is 1. The summed E-state index contributed by atoms with van der Waals surface area (Å²) in [5.41, 5.74) is 6.31. The Kier molecular flexibility index (Phi) is 7.50. The molecular formula is C35H39ClN4O4. The van der Waals surface area contributed by atoms with Gasteiger partial charge in [0.25, 0.3) is 11.8 Å². The second-order valence-electron chi connectivity index (χ2n) is 14.0. The molecule has 0 saturated carbocycles. The number of nitrogens with zero attached hydrogens (tertiary/aromatic N) is 3. The number of halogens is 1. The van der Waals surface area contributed by atoms with Crippen LogP contribution in [-0.2, 0) is 16.1 Å². The summed E-state index contributed by atoms with van der Waals surface area (Å²) in [7, 11) is 0. The van der Waals surface area contributed by atoms with E-state index in [9.17, 15) is 19.2 Å². The lowest BCUT2D eigenvalue weighted by molar-refractivity contribution is -0.136. The lowest BCUT2D eigenvalue weighted by atomic mass is 9.72. The lowest BCUT2D eigenvalue weighted by Crippen LogP contribution is -2.62. The van der Waals surface area contributed by atoms with Crippen molar-refractivity contribution >= 4 is 40.8 Å². The Morgan fingerprint density at radius 3 is 2.20 bits per heavy atom. The number of allylic oxidation sites excluding steroid dienone is 1. The van der Waals surface area contributed by atoms with Gasteiger partial charge in [-0.25, -0.2) is 0 Å². The number of fused-ring (bicyclic) bond motifs is 4. The van der Waals surface area contributed by atoms with Crippen molar-refractivity contribution in [2.75, 3.05) is 19.6 Å². The minimum Gasteiger partial charge on any atom is -0.295 e. The topological polar surface area (TPSA) is 90.0 Å². The zero-order valence-corrected chi connectivity index (χ0v) is 26.2. The molecule has 4 amide bonds. The molecule has 3 unspecified atom stereocenters. The smallest absolute Gasteiger partial charge is 0.262 e. The number of carbonyl (C=O) groups excluding carboxylic acids is 4. The molecule has 0 spiro atoms. The number of piperidine rings is 3. The molecule has 4 fully saturated rings. The van der Waals surface area contributed by atoms with Crippen molar-refractivity contribution in [3.63, 3.8) is 0 Å². The molecule has 3 atom stereocenters. The van der Waals surface area contributed by atoms with Crippen LogP contribution in [0.2, 0.25) is 5.02 Å². The molecule has 8 rings (SSSR count). The molecule has 9 heteroatoms. The van der Waals surface area contributed by atoms with E-state index in [1.165, 1.54) is 24.0 Å². The Labute approximate surface area is 263 Å². The first kappa shape index (κ1) is 29.4. The minimum atomic E-state index is -0.946. The van der Waals surface area contributed by atoms with E-state index in [0.717, 1.165) is 60.9 Å². The number of amides is 4. The molecule has 2 bridgehead atoms. The maximum absolute atomic E-state index is 13.3. The highest BCUT2D eigenvalue weighted by Gasteiger charge is 2.45. The fourth-order valence-corrected chi connectivity index (χ4v) is 8.08. The Morgan fingerprint density at radius 2 is 1.52 bits per heavy atom. The highest BCUT2D eigenvalue weighted by molar-refractivity contribution is 6.30. The summed E-state index contributed by atoms with van der Waals surface area (Å²) in [6.07, 6.45) is 6.03. The zero-order valence-electron chi connectivity index (χ0n) is 25.4. The van der Waals surface area contributed by atoms with Crippen LogP contribution in [0.15, 0.2) is 48.0 Å². The Morgan fingerprint density at radius 1 is 0.841 bits per heavy atom. The summed E-state index contributed by atoms with van der Waals surface area (Å²) in [5.74, 6) is -1.87. The van der Waals surface area contributed by atoms with Gasteiger partial charge >= 0.3 is 0 Å². The largest absolute Gasteiger partial charge is 0.295 e. The minimum absolute atomic E-state index is 0.112. The molecule has 2 aromatic carbocycles. The van der Waals surface area contributed by atoms with Crippen LogP contribution < -0.4 is 5.32 Å². The Bertz CT molecular complexity index is 1580. The number of benzene rings is 2. The molecule has 5 heterocycles. The zero-order chi connectivity index (χ0) is 30.7. The average molecular weight is 615 g/mol. The van der Waals surface area contributed by atoms with Gasteiger partial charge in [0.15, 0.2) is 0 Å². The van der Waals surface area contributed by atoms with Gasteiger partial charge in [0.2, 0.25) is 11.8 Å². The van der Waals surface area contributed by atoms with Gasteiger partial charge in [-0.3, -0.25) is 39.2 Å². The summed E-state index contributed by atoms with van der Waals surface area (Å²) in [6, 6.07) is 13.8. The third kappa shape index (κ3) is 5.41. The molecule has 1 aliphatic carbocycles. The number of carbonyl (C=O) groups is 4. The van der Waals surface area contributed by atoms with Crippen molar-refractivity contribution in [2.24, 2.45) is 5.41 Å². The van der Waals surface area contributed by atoms with Gasteiger partial charge in [0.1, 0.15) is 6.04 Å². The van der Waals surface area contributed by atoms with E-state index in [1.807, 2.05) is 24.3 Å². The second-order valence-corrected chi connectivity index (χ2v) is 14.4. The SMILES string of the molecule is CC1(C)CCC(CN2CC3CCC2CN3Cc2ccc3c(c2)C(=O)N(C2CCC(=O)NC2=O)C3=O)=C(c2ccc(Cl)cc2)C1. The number of imide groups is 2. The molecule has 0 radical (unpaired) electrons. The normalized spacial score (nSPS) is 27.2. The van der Waals surface area contributed by atoms with Gasteiger partial charge in [-0.15, -0.1) is 0 Å². The highest BCUT2D eigenvalue weighted by atomic mass is 35.5. The maximum atomic E-state index is 13.3. The Hall–Kier alpha value is -3.33. The van der Waals surface area contributed by atoms with Gasteiger partial charge < -0.3 is 0 Å². The molecule has 5 aliphatic heterocycles. The first-order valence-corrected chi connectivity index (χ1v) is 16.2. The summed E-state index contributed by atoms with van der Waals surface area (Å²) in [6.45, 7) is 8.47. The number of piperazine rings is 1. The van der Waals surface area contributed by atoms with Crippen molar-refractivity contribution in [3.8, 4) is 0 Å². The second kappa shape index (κ2) is 11.2. The van der Waals surface area contributed by atoms with Gasteiger partial charge in [-0.1, -0.05) is 49.2 Å². The van der Waals surface area contributed by atoms with Gasteiger partial charge in [-0.2, -0.15) is 0 Å². The third-order valence-corrected chi connectivity index (χ3v) is 10.7. The average Bonchev–Trinajstić information content (AvgIpc) is 3.24. The standard InChI is InChI=1S/C35H39ClN4O4/c1-35(2)14-13-23(29(16-35)22-4-6-24(36)7-5-22)18-39-20-25-8-9-26(39)19-38(25)17-21-3-10-27-28(15-21)34(44)40(33(27)43)30-11-12-31(41)37-32(30)42/h3-7,10,15,25-26,30H,8-9,11-14,16-20H2,1-2H3,(H,37,41,42). The quantitative estimate of drug-likeness (QED) is 0.458. The van der Waals surface area contributed by atoms with Crippen LogP contribution in [0.1, 0.15) is 90.6 Å². The van der Waals surface area contributed by atoms with Gasteiger partial charge in [0, 0.05) is 49.7 Å². The summed E-state index contributed by atoms with van der Waals surface area (Å²) in [5, 5.41) is 3.03. The van der Waals surface area contributed by atoms with Gasteiger partial charge in [-0.05, 0) is 84.9 Å². The fraction of sp³-hybridized carbons (Fsp3) is 0.486. The first-order chi connectivity index (χ1) is 21.1. The van der Waals surface area contributed by atoms with Crippen LogP contribution in [0.3, 0.4) is 0 Å². The number of hydrogen-bond acceptors (Lipinski definition) is 6. The Balaban J connectivity index is 1.05.